The zero-order chi connectivity index (χ0) is 14.4. The van der Waals surface area contributed by atoms with Gasteiger partial charge in [0.15, 0.2) is 0 Å². The largest absolute Gasteiger partial charge is 0.492 e. The second-order valence-corrected chi connectivity index (χ2v) is 5.16. The molecular formula is C16H23N3O. The second-order valence-electron chi connectivity index (χ2n) is 5.16. The average molecular weight is 273 g/mol. The molecule has 0 aliphatic heterocycles. The number of benzene rings is 1. The predicted molar refractivity (Wildman–Crippen MR) is 81.0 cm³/mol. The fourth-order valence-electron chi connectivity index (χ4n) is 2.19. The second kappa shape index (κ2) is 7.10. The minimum Gasteiger partial charge on any atom is -0.492 e. The highest BCUT2D eigenvalue weighted by molar-refractivity contribution is 5.27. The van der Waals surface area contributed by atoms with Gasteiger partial charge < -0.3 is 15.0 Å². The molecule has 2 N–H and O–H groups in total. The molecule has 0 fully saturated rings. The molecule has 0 bridgehead atoms. The smallest absolute Gasteiger partial charge is 0.119 e. The Balaban J connectivity index is 1.84. The van der Waals surface area contributed by atoms with Crippen LogP contribution in [0.1, 0.15) is 31.2 Å². The molecule has 0 unspecified atom stereocenters. The van der Waals surface area contributed by atoms with Crippen molar-refractivity contribution in [2.45, 2.75) is 32.7 Å². The quantitative estimate of drug-likeness (QED) is 0.843. The van der Waals surface area contributed by atoms with Crippen molar-refractivity contribution in [3.8, 4) is 5.75 Å². The van der Waals surface area contributed by atoms with Crippen LogP contribution >= 0.6 is 0 Å². The number of aromatic nitrogens is 2. The molecule has 0 amide bonds. The molecule has 0 aliphatic carbocycles. The van der Waals surface area contributed by atoms with E-state index in [9.17, 15) is 0 Å². The lowest BCUT2D eigenvalue weighted by molar-refractivity contribution is 0.295. The highest BCUT2D eigenvalue weighted by atomic mass is 16.5. The summed E-state index contributed by atoms with van der Waals surface area (Å²) >= 11 is 0. The van der Waals surface area contributed by atoms with E-state index in [1.807, 2.05) is 24.5 Å². The van der Waals surface area contributed by atoms with Crippen molar-refractivity contribution in [3.05, 3.63) is 48.0 Å². The SMILES string of the molecule is CC(C)c1nccn1CCOc1ccc(CCN)cc1. The fraction of sp³-hybridized carbons (Fsp3) is 0.438. The molecule has 0 saturated heterocycles. The van der Waals surface area contributed by atoms with Crippen LogP contribution in [0.2, 0.25) is 0 Å². The molecule has 1 aromatic carbocycles. The Bertz CT molecular complexity index is 517. The summed E-state index contributed by atoms with van der Waals surface area (Å²) in [6, 6.07) is 8.14. The Morgan fingerprint density at radius 3 is 2.65 bits per heavy atom. The summed E-state index contributed by atoms with van der Waals surface area (Å²) in [6.45, 7) is 6.44. The molecule has 1 heterocycles. The lowest BCUT2D eigenvalue weighted by Crippen LogP contribution is -2.11. The summed E-state index contributed by atoms with van der Waals surface area (Å²) in [6.07, 6.45) is 4.76. The molecule has 1 aromatic heterocycles. The Morgan fingerprint density at radius 2 is 2.00 bits per heavy atom. The van der Waals surface area contributed by atoms with Gasteiger partial charge in [0.05, 0.1) is 6.54 Å². The maximum absolute atomic E-state index is 5.77. The molecule has 4 heteroatoms. The van der Waals surface area contributed by atoms with E-state index in [-0.39, 0.29) is 0 Å². The van der Waals surface area contributed by atoms with Crippen molar-refractivity contribution in [2.24, 2.45) is 5.73 Å². The molecule has 0 spiro atoms. The third-order valence-corrected chi connectivity index (χ3v) is 3.22. The van der Waals surface area contributed by atoms with Crippen LogP contribution < -0.4 is 10.5 Å². The molecule has 2 aromatic rings. The van der Waals surface area contributed by atoms with Crippen molar-refractivity contribution < 1.29 is 4.74 Å². The molecule has 108 valence electrons. The van der Waals surface area contributed by atoms with Gasteiger partial charge in [0.25, 0.3) is 0 Å². The van der Waals surface area contributed by atoms with Gasteiger partial charge in [-0.05, 0) is 30.7 Å². The van der Waals surface area contributed by atoms with E-state index in [4.69, 9.17) is 10.5 Å². The first kappa shape index (κ1) is 14.6. The van der Waals surface area contributed by atoms with Gasteiger partial charge in [0, 0.05) is 18.3 Å². The van der Waals surface area contributed by atoms with Crippen molar-refractivity contribution in [3.63, 3.8) is 0 Å². The molecule has 0 aliphatic rings. The van der Waals surface area contributed by atoms with Crippen LogP contribution in [0.15, 0.2) is 36.7 Å². The highest BCUT2D eigenvalue weighted by Crippen LogP contribution is 2.14. The van der Waals surface area contributed by atoms with Crippen molar-refractivity contribution in [2.75, 3.05) is 13.2 Å². The van der Waals surface area contributed by atoms with Crippen LogP contribution in [0.4, 0.5) is 0 Å². The zero-order valence-corrected chi connectivity index (χ0v) is 12.2. The minimum absolute atomic E-state index is 0.431. The van der Waals surface area contributed by atoms with Crippen LogP contribution in [0.5, 0.6) is 5.75 Å². The summed E-state index contributed by atoms with van der Waals surface area (Å²) in [5.41, 5.74) is 6.78. The van der Waals surface area contributed by atoms with Gasteiger partial charge in [-0.2, -0.15) is 0 Å². The van der Waals surface area contributed by atoms with Gasteiger partial charge in [-0.3, -0.25) is 0 Å². The third kappa shape index (κ3) is 3.84. The Kier molecular flexibility index (Phi) is 5.18. The van der Waals surface area contributed by atoms with Gasteiger partial charge >= 0.3 is 0 Å². The minimum atomic E-state index is 0.431. The zero-order valence-electron chi connectivity index (χ0n) is 12.2. The summed E-state index contributed by atoms with van der Waals surface area (Å²) in [5.74, 6) is 2.43. The van der Waals surface area contributed by atoms with E-state index in [1.54, 1.807) is 0 Å². The summed E-state index contributed by atoms with van der Waals surface area (Å²) in [7, 11) is 0. The monoisotopic (exact) mass is 273 g/mol. The van der Waals surface area contributed by atoms with E-state index in [2.05, 4.69) is 35.5 Å². The maximum Gasteiger partial charge on any atom is 0.119 e. The number of imidazole rings is 1. The van der Waals surface area contributed by atoms with Gasteiger partial charge in [-0.25, -0.2) is 4.98 Å². The Morgan fingerprint density at radius 1 is 1.25 bits per heavy atom. The Hall–Kier alpha value is -1.81. The van der Waals surface area contributed by atoms with E-state index in [1.165, 1.54) is 5.56 Å². The van der Waals surface area contributed by atoms with Gasteiger partial charge in [0.1, 0.15) is 18.2 Å². The van der Waals surface area contributed by atoms with Crippen LogP contribution in [0.3, 0.4) is 0 Å². The maximum atomic E-state index is 5.77. The molecule has 4 nitrogen and oxygen atoms in total. The lowest BCUT2D eigenvalue weighted by Gasteiger charge is -2.11. The van der Waals surface area contributed by atoms with Crippen molar-refractivity contribution >= 4 is 0 Å². The molecule has 0 atom stereocenters. The Labute approximate surface area is 120 Å². The molecule has 2 rings (SSSR count). The van der Waals surface area contributed by atoms with Crippen LogP contribution in [-0.2, 0) is 13.0 Å². The number of hydrogen-bond acceptors (Lipinski definition) is 3. The third-order valence-electron chi connectivity index (χ3n) is 3.22. The van der Waals surface area contributed by atoms with Crippen molar-refractivity contribution in [1.82, 2.24) is 9.55 Å². The number of nitrogens with zero attached hydrogens (tertiary/aromatic N) is 2. The first-order chi connectivity index (χ1) is 9.70. The van der Waals surface area contributed by atoms with Crippen LogP contribution in [-0.4, -0.2) is 22.7 Å². The highest BCUT2D eigenvalue weighted by Gasteiger charge is 2.06. The number of rotatable bonds is 7. The lowest BCUT2D eigenvalue weighted by atomic mass is 10.1. The van der Waals surface area contributed by atoms with E-state index < -0.39 is 0 Å². The van der Waals surface area contributed by atoms with Crippen LogP contribution in [0, 0.1) is 0 Å². The number of ether oxygens (including phenoxy) is 1. The van der Waals surface area contributed by atoms with Gasteiger partial charge in [-0.15, -0.1) is 0 Å². The first-order valence-corrected chi connectivity index (χ1v) is 7.13. The van der Waals surface area contributed by atoms with Gasteiger partial charge in [-0.1, -0.05) is 26.0 Å². The molecule has 20 heavy (non-hydrogen) atoms. The van der Waals surface area contributed by atoms with Gasteiger partial charge in [0.2, 0.25) is 0 Å². The van der Waals surface area contributed by atoms with Crippen LogP contribution in [0.25, 0.3) is 0 Å². The van der Waals surface area contributed by atoms with E-state index >= 15 is 0 Å². The fourth-order valence-corrected chi connectivity index (χ4v) is 2.19. The first-order valence-electron chi connectivity index (χ1n) is 7.13. The number of nitrogens with two attached hydrogens (primary N) is 1. The molecular weight excluding hydrogens is 250 g/mol. The summed E-state index contributed by atoms with van der Waals surface area (Å²) < 4.78 is 7.91. The molecule has 0 radical (unpaired) electrons. The number of hydrogen-bond donors (Lipinski definition) is 1. The summed E-state index contributed by atoms with van der Waals surface area (Å²) in [4.78, 5) is 4.37. The topological polar surface area (TPSA) is 53.1 Å². The molecule has 0 saturated carbocycles. The average Bonchev–Trinajstić information content (AvgIpc) is 2.90. The predicted octanol–water partition coefficient (Wildman–Crippen LogP) is 2.59. The summed E-state index contributed by atoms with van der Waals surface area (Å²) in [5, 5.41) is 0. The normalized spacial score (nSPS) is 11.0. The van der Waals surface area contributed by atoms with Crippen molar-refractivity contribution in [1.29, 1.82) is 0 Å². The van der Waals surface area contributed by atoms with E-state index in [0.717, 1.165) is 24.5 Å². The van der Waals surface area contributed by atoms with E-state index in [0.29, 0.717) is 19.1 Å². The standard InChI is InChI=1S/C16H23N3O/c1-13(2)16-18-9-10-19(16)11-12-20-15-5-3-14(4-6-15)7-8-17/h3-6,9-10,13H,7-8,11-12,17H2,1-2H3.